The number of para-hydroxylation sites is 1. The van der Waals surface area contributed by atoms with E-state index in [0.29, 0.717) is 22.6 Å². The molecule has 2 aromatic heterocycles. The van der Waals surface area contributed by atoms with E-state index in [9.17, 15) is 9.59 Å². The first-order chi connectivity index (χ1) is 13.9. The van der Waals surface area contributed by atoms with Crippen LogP contribution in [0.25, 0.3) is 6.08 Å². The molecule has 1 N–H and O–H groups in total. The standard InChI is InChI=1S/C21H23N5O2S/c1-15(2)13-25-19(11-12-22-25)24-20(28)10-9-17-14-29-21(23-17)26(16(3)27)18-7-5-4-6-8-18/h4-12,14-15H,13H2,1-3H3,(H,24,28)/b10-9+. The zero-order chi connectivity index (χ0) is 20.8. The average Bonchev–Trinajstić information content (AvgIpc) is 3.30. The fourth-order valence-corrected chi connectivity index (χ4v) is 3.57. The number of aromatic nitrogens is 3. The van der Waals surface area contributed by atoms with E-state index < -0.39 is 0 Å². The molecule has 2 amide bonds. The fraction of sp³-hybridized carbons (Fsp3) is 0.238. The van der Waals surface area contributed by atoms with Gasteiger partial charge in [0.25, 0.3) is 0 Å². The average molecular weight is 410 g/mol. The van der Waals surface area contributed by atoms with Crippen LogP contribution in [0.15, 0.2) is 54.1 Å². The molecule has 0 aliphatic rings. The summed E-state index contributed by atoms with van der Waals surface area (Å²) in [5.74, 6) is 0.677. The Hall–Kier alpha value is -3.26. The van der Waals surface area contributed by atoms with Crippen molar-refractivity contribution in [1.29, 1.82) is 0 Å². The molecule has 7 nitrogen and oxygen atoms in total. The maximum absolute atomic E-state index is 12.3. The molecule has 3 rings (SSSR count). The molecule has 0 atom stereocenters. The Balaban J connectivity index is 1.69. The predicted molar refractivity (Wildman–Crippen MR) is 116 cm³/mol. The van der Waals surface area contributed by atoms with Gasteiger partial charge < -0.3 is 5.32 Å². The van der Waals surface area contributed by atoms with Crippen LogP contribution in [0, 0.1) is 5.92 Å². The van der Waals surface area contributed by atoms with Crippen molar-refractivity contribution in [3.05, 3.63) is 59.7 Å². The molecule has 0 aliphatic carbocycles. The van der Waals surface area contributed by atoms with Crippen LogP contribution in [-0.2, 0) is 16.1 Å². The van der Waals surface area contributed by atoms with Gasteiger partial charge in [0, 0.05) is 31.0 Å². The molecule has 0 fully saturated rings. The van der Waals surface area contributed by atoms with Crippen LogP contribution in [-0.4, -0.2) is 26.6 Å². The Labute approximate surface area is 173 Å². The van der Waals surface area contributed by atoms with Crippen LogP contribution >= 0.6 is 11.3 Å². The molecule has 150 valence electrons. The molecule has 0 radical (unpaired) electrons. The Morgan fingerprint density at radius 3 is 2.69 bits per heavy atom. The quantitative estimate of drug-likeness (QED) is 0.589. The van der Waals surface area contributed by atoms with E-state index in [1.54, 1.807) is 33.3 Å². The Morgan fingerprint density at radius 1 is 1.24 bits per heavy atom. The third-order valence-electron chi connectivity index (χ3n) is 3.94. The van der Waals surface area contributed by atoms with Crippen molar-refractivity contribution >= 4 is 45.9 Å². The maximum Gasteiger partial charge on any atom is 0.249 e. The Kier molecular flexibility index (Phi) is 6.56. The highest BCUT2D eigenvalue weighted by atomic mass is 32.1. The number of hydrogen-bond donors (Lipinski definition) is 1. The van der Waals surface area contributed by atoms with Crippen molar-refractivity contribution in [2.24, 2.45) is 5.92 Å². The van der Waals surface area contributed by atoms with Gasteiger partial charge in [-0.2, -0.15) is 5.10 Å². The first-order valence-corrected chi connectivity index (χ1v) is 10.1. The largest absolute Gasteiger partial charge is 0.307 e. The van der Waals surface area contributed by atoms with Crippen LogP contribution in [0.3, 0.4) is 0 Å². The molecule has 1 aromatic carbocycles. The molecule has 3 aromatic rings. The highest BCUT2D eigenvalue weighted by Gasteiger charge is 2.17. The van der Waals surface area contributed by atoms with E-state index in [1.807, 2.05) is 30.3 Å². The second-order valence-electron chi connectivity index (χ2n) is 6.86. The van der Waals surface area contributed by atoms with Gasteiger partial charge in [0.1, 0.15) is 5.82 Å². The first-order valence-electron chi connectivity index (χ1n) is 9.26. The number of hydrogen-bond acceptors (Lipinski definition) is 5. The van der Waals surface area contributed by atoms with Gasteiger partial charge in [-0.3, -0.25) is 14.5 Å². The van der Waals surface area contributed by atoms with Gasteiger partial charge >= 0.3 is 0 Å². The van der Waals surface area contributed by atoms with Crippen LogP contribution in [0.4, 0.5) is 16.6 Å². The minimum absolute atomic E-state index is 0.128. The molecule has 0 saturated heterocycles. The zero-order valence-corrected chi connectivity index (χ0v) is 17.4. The lowest BCUT2D eigenvalue weighted by Crippen LogP contribution is -2.22. The minimum atomic E-state index is -0.267. The summed E-state index contributed by atoms with van der Waals surface area (Å²) < 4.78 is 1.77. The van der Waals surface area contributed by atoms with E-state index in [0.717, 1.165) is 12.2 Å². The maximum atomic E-state index is 12.3. The number of anilines is 3. The van der Waals surface area contributed by atoms with Crippen molar-refractivity contribution in [2.45, 2.75) is 27.3 Å². The third kappa shape index (κ3) is 5.39. The smallest absolute Gasteiger partial charge is 0.249 e. The van der Waals surface area contributed by atoms with E-state index in [4.69, 9.17) is 0 Å². The summed E-state index contributed by atoms with van der Waals surface area (Å²) in [6.45, 7) is 6.40. The molecule has 0 aliphatic heterocycles. The number of carbonyl (C=O) groups excluding carboxylic acids is 2. The SMILES string of the molecule is CC(=O)N(c1ccccc1)c1nc(/C=C/C(=O)Nc2ccnn2CC(C)C)cs1. The van der Waals surface area contributed by atoms with Crippen molar-refractivity contribution in [3.8, 4) is 0 Å². The number of benzene rings is 1. The van der Waals surface area contributed by atoms with E-state index in [2.05, 4.69) is 29.2 Å². The zero-order valence-electron chi connectivity index (χ0n) is 16.6. The molecule has 2 heterocycles. The van der Waals surface area contributed by atoms with Gasteiger partial charge in [-0.25, -0.2) is 9.67 Å². The molecule has 0 spiro atoms. The van der Waals surface area contributed by atoms with E-state index >= 15 is 0 Å². The summed E-state index contributed by atoms with van der Waals surface area (Å²) in [5.41, 5.74) is 1.36. The van der Waals surface area contributed by atoms with Gasteiger partial charge in [-0.05, 0) is 24.1 Å². The molecule has 0 bridgehead atoms. The lowest BCUT2D eigenvalue weighted by Gasteiger charge is -2.17. The molecular weight excluding hydrogens is 386 g/mol. The van der Waals surface area contributed by atoms with Gasteiger partial charge in [0.15, 0.2) is 5.13 Å². The first kappa shape index (κ1) is 20.5. The van der Waals surface area contributed by atoms with Gasteiger partial charge in [0.2, 0.25) is 11.8 Å². The van der Waals surface area contributed by atoms with E-state index in [1.165, 1.54) is 24.3 Å². The Morgan fingerprint density at radius 2 is 2.00 bits per heavy atom. The van der Waals surface area contributed by atoms with Gasteiger partial charge in [-0.15, -0.1) is 11.3 Å². The summed E-state index contributed by atoms with van der Waals surface area (Å²) in [5, 5.41) is 9.41. The van der Waals surface area contributed by atoms with Crippen molar-refractivity contribution < 1.29 is 9.59 Å². The van der Waals surface area contributed by atoms with E-state index in [-0.39, 0.29) is 11.8 Å². The van der Waals surface area contributed by atoms with Crippen molar-refractivity contribution in [2.75, 3.05) is 10.2 Å². The lowest BCUT2D eigenvalue weighted by atomic mass is 10.2. The summed E-state index contributed by atoms with van der Waals surface area (Å²) in [6, 6.07) is 11.1. The fourth-order valence-electron chi connectivity index (χ4n) is 2.72. The highest BCUT2D eigenvalue weighted by Crippen LogP contribution is 2.29. The molecule has 29 heavy (non-hydrogen) atoms. The number of rotatable bonds is 7. The number of thiazole rings is 1. The third-order valence-corrected chi connectivity index (χ3v) is 4.79. The van der Waals surface area contributed by atoms with Gasteiger partial charge in [0.05, 0.1) is 17.6 Å². The normalized spacial score (nSPS) is 11.2. The van der Waals surface area contributed by atoms with Crippen molar-refractivity contribution in [3.63, 3.8) is 0 Å². The second kappa shape index (κ2) is 9.29. The summed E-state index contributed by atoms with van der Waals surface area (Å²) in [4.78, 5) is 30.4. The predicted octanol–water partition coefficient (Wildman–Crippen LogP) is 4.33. The number of amides is 2. The topological polar surface area (TPSA) is 80.1 Å². The molecular formula is C21H23N5O2S. The van der Waals surface area contributed by atoms with Crippen molar-refractivity contribution in [1.82, 2.24) is 14.8 Å². The van der Waals surface area contributed by atoms with Crippen LogP contribution in [0.2, 0.25) is 0 Å². The summed E-state index contributed by atoms with van der Waals surface area (Å²) in [6.07, 6.45) is 4.71. The van der Waals surface area contributed by atoms with Crippen LogP contribution in [0.1, 0.15) is 26.5 Å². The summed E-state index contributed by atoms with van der Waals surface area (Å²) in [7, 11) is 0. The van der Waals surface area contributed by atoms with Crippen LogP contribution < -0.4 is 10.2 Å². The van der Waals surface area contributed by atoms with Gasteiger partial charge in [-0.1, -0.05) is 32.0 Å². The van der Waals surface area contributed by atoms with Crippen LogP contribution in [0.5, 0.6) is 0 Å². The molecule has 0 unspecified atom stereocenters. The molecule has 8 heteroatoms. The number of nitrogens with zero attached hydrogens (tertiary/aromatic N) is 4. The monoisotopic (exact) mass is 409 g/mol. The Bertz CT molecular complexity index is 1010. The second-order valence-corrected chi connectivity index (χ2v) is 7.70. The lowest BCUT2D eigenvalue weighted by molar-refractivity contribution is -0.116. The number of nitrogens with one attached hydrogen (secondary N) is 1. The number of carbonyl (C=O) groups is 2. The minimum Gasteiger partial charge on any atom is -0.307 e. The molecule has 0 saturated carbocycles. The highest BCUT2D eigenvalue weighted by molar-refractivity contribution is 7.14. The summed E-state index contributed by atoms with van der Waals surface area (Å²) >= 11 is 1.34.